The second kappa shape index (κ2) is 12.8. The molecule has 65 valence electrons. The van der Waals surface area contributed by atoms with Crippen molar-refractivity contribution in [2.75, 3.05) is 0 Å². The molecule has 0 N–H and O–H groups in total. The molecule has 1 rings (SSSR count). The SMILES string of the molecule is C=C=C.C=C=C.[Ru][C]1=CC=CC1. The summed E-state index contributed by atoms with van der Waals surface area (Å²) in [6.07, 6.45) is 7.46. The molecular weight excluding hydrogens is 233 g/mol. The number of hydrogen-bond acceptors (Lipinski definition) is 0. The molecule has 0 aromatic carbocycles. The Balaban J connectivity index is 0. The average Bonchev–Trinajstić information content (AvgIpc) is 2.43. The average molecular weight is 246 g/mol. The molecule has 0 aliphatic heterocycles. The van der Waals surface area contributed by atoms with Crippen LogP contribution in [0.1, 0.15) is 6.42 Å². The summed E-state index contributed by atoms with van der Waals surface area (Å²) in [5.74, 6) is 0. The van der Waals surface area contributed by atoms with Crippen LogP contribution in [0.25, 0.3) is 0 Å². The van der Waals surface area contributed by atoms with Gasteiger partial charge in [-0.2, -0.15) is 0 Å². The molecule has 12 heavy (non-hydrogen) atoms. The summed E-state index contributed by atoms with van der Waals surface area (Å²) in [6, 6.07) is 0. The standard InChI is InChI=1S/C5H5.2C3H4.Ru/c1-2-4-5-3-1;2*1-3-2;/h1-3H,4H2;2*1-2H2;. The normalized spacial score (nSPS) is 10.6. The van der Waals surface area contributed by atoms with Gasteiger partial charge in [0.15, 0.2) is 0 Å². The minimum atomic E-state index is 1.14. The fourth-order valence-electron chi connectivity index (χ4n) is 0.416. The van der Waals surface area contributed by atoms with Gasteiger partial charge in [0.25, 0.3) is 0 Å². The molecule has 0 nitrogen and oxygen atoms in total. The van der Waals surface area contributed by atoms with Crippen molar-refractivity contribution < 1.29 is 18.3 Å². The van der Waals surface area contributed by atoms with Crippen LogP contribution < -0.4 is 0 Å². The summed E-state index contributed by atoms with van der Waals surface area (Å²) >= 11 is 2.59. The molecule has 0 heterocycles. The third-order valence-corrected chi connectivity index (χ3v) is 1.36. The Kier molecular flexibility index (Phi) is 14.6. The van der Waals surface area contributed by atoms with Crippen LogP contribution in [0, 0.1) is 0 Å². The molecule has 0 radical (unpaired) electrons. The van der Waals surface area contributed by atoms with Gasteiger partial charge in [-0.05, 0) is 0 Å². The Morgan fingerprint density at radius 3 is 1.67 bits per heavy atom. The van der Waals surface area contributed by atoms with Crippen LogP contribution in [0.2, 0.25) is 0 Å². The molecule has 1 aliphatic rings. The van der Waals surface area contributed by atoms with E-state index in [9.17, 15) is 0 Å². The zero-order valence-electron chi connectivity index (χ0n) is 7.12. The van der Waals surface area contributed by atoms with Gasteiger partial charge in [-0.25, -0.2) is 0 Å². The first kappa shape index (κ1) is 13.7. The molecule has 1 aliphatic carbocycles. The Morgan fingerprint density at radius 2 is 1.58 bits per heavy atom. The zero-order chi connectivity index (χ0) is 9.82. The van der Waals surface area contributed by atoms with E-state index in [-0.39, 0.29) is 0 Å². The monoisotopic (exact) mass is 247 g/mol. The Bertz CT molecular complexity index is 207. The second-order valence-corrected chi connectivity index (χ2v) is 2.85. The predicted octanol–water partition coefficient (Wildman–Crippen LogP) is 3.29. The molecule has 0 unspecified atom stereocenters. The van der Waals surface area contributed by atoms with Crippen LogP contribution in [0.5, 0.6) is 0 Å². The van der Waals surface area contributed by atoms with Crippen molar-refractivity contribution >= 4 is 0 Å². The number of rotatable bonds is 0. The third kappa shape index (κ3) is 16.1. The minimum absolute atomic E-state index is 1.14. The van der Waals surface area contributed by atoms with E-state index < -0.39 is 0 Å². The van der Waals surface area contributed by atoms with Gasteiger partial charge in [0.05, 0.1) is 0 Å². The van der Waals surface area contributed by atoms with Gasteiger partial charge < -0.3 is 0 Å². The fourth-order valence-corrected chi connectivity index (χ4v) is 0.788. The maximum atomic E-state index is 3.12. The summed E-state index contributed by atoms with van der Waals surface area (Å²) in [7, 11) is 0. The Morgan fingerprint density at radius 1 is 1.17 bits per heavy atom. The molecule has 1 heteroatoms. The van der Waals surface area contributed by atoms with Crippen molar-refractivity contribution in [3.63, 3.8) is 0 Å². The topological polar surface area (TPSA) is 0 Å². The van der Waals surface area contributed by atoms with Gasteiger partial charge in [0.1, 0.15) is 0 Å². The van der Waals surface area contributed by atoms with Crippen molar-refractivity contribution in [1.82, 2.24) is 0 Å². The van der Waals surface area contributed by atoms with Gasteiger partial charge in [-0.3, -0.25) is 0 Å². The zero-order valence-corrected chi connectivity index (χ0v) is 8.86. The van der Waals surface area contributed by atoms with Gasteiger partial charge in [0.2, 0.25) is 0 Å². The van der Waals surface area contributed by atoms with Gasteiger partial charge >= 0.3 is 47.1 Å². The van der Waals surface area contributed by atoms with E-state index in [2.05, 4.69) is 74.3 Å². The van der Waals surface area contributed by atoms with Crippen molar-refractivity contribution in [3.05, 3.63) is 60.2 Å². The third-order valence-electron chi connectivity index (χ3n) is 0.717. The molecule has 0 bridgehead atoms. The molecule has 0 saturated carbocycles. The molecule has 0 saturated heterocycles. The predicted molar refractivity (Wildman–Crippen MR) is 51.4 cm³/mol. The quantitative estimate of drug-likeness (QED) is 0.454. The number of hydrogen-bond donors (Lipinski definition) is 0. The molecular formula is C11H13Ru. The van der Waals surface area contributed by atoms with Crippen LogP contribution in [0.4, 0.5) is 0 Å². The molecule has 0 fully saturated rings. The first-order valence-corrected chi connectivity index (χ1v) is 4.18. The van der Waals surface area contributed by atoms with Crippen molar-refractivity contribution in [1.29, 1.82) is 0 Å². The maximum absolute atomic E-state index is 3.12. The first-order valence-electron chi connectivity index (χ1n) is 3.31. The number of allylic oxidation sites excluding steroid dienone is 4. The Hall–Kier alpha value is -0.857. The molecule has 0 spiro atoms. The van der Waals surface area contributed by atoms with Crippen LogP contribution in [0.3, 0.4) is 0 Å². The van der Waals surface area contributed by atoms with Crippen molar-refractivity contribution in [2.45, 2.75) is 6.42 Å². The van der Waals surface area contributed by atoms with E-state index >= 15 is 0 Å². The summed E-state index contributed by atoms with van der Waals surface area (Å²) in [6.45, 7) is 12.5. The van der Waals surface area contributed by atoms with E-state index in [4.69, 9.17) is 0 Å². The van der Waals surface area contributed by atoms with Gasteiger partial charge in [-0.1, -0.05) is 26.3 Å². The van der Waals surface area contributed by atoms with Crippen molar-refractivity contribution in [2.24, 2.45) is 0 Å². The fraction of sp³-hybridized carbons (Fsp3) is 0.0909. The van der Waals surface area contributed by atoms with E-state index in [1.807, 2.05) is 0 Å². The van der Waals surface area contributed by atoms with Crippen molar-refractivity contribution in [3.8, 4) is 0 Å². The molecule has 0 aromatic heterocycles. The molecule has 0 aromatic rings. The van der Waals surface area contributed by atoms with E-state index in [1.165, 1.54) is 4.17 Å². The summed E-state index contributed by atoms with van der Waals surface area (Å²) in [4.78, 5) is 0. The van der Waals surface area contributed by atoms with Crippen LogP contribution in [0.15, 0.2) is 60.2 Å². The van der Waals surface area contributed by atoms with E-state index in [1.54, 1.807) is 0 Å². The van der Waals surface area contributed by atoms with Crippen LogP contribution in [-0.4, -0.2) is 0 Å². The van der Waals surface area contributed by atoms with Gasteiger partial charge in [0, 0.05) is 0 Å². The molecule has 0 amide bonds. The summed E-state index contributed by atoms with van der Waals surface area (Å²) < 4.78 is 1.40. The Labute approximate surface area is 85.1 Å². The van der Waals surface area contributed by atoms with Gasteiger partial charge in [-0.15, -0.1) is 11.5 Å². The molecule has 0 atom stereocenters. The van der Waals surface area contributed by atoms with Crippen LogP contribution in [-0.2, 0) is 18.3 Å². The summed E-state index contributed by atoms with van der Waals surface area (Å²) in [5, 5.41) is 0. The first-order chi connectivity index (χ1) is 5.72. The second-order valence-electron chi connectivity index (χ2n) is 1.73. The summed E-state index contributed by atoms with van der Waals surface area (Å²) in [5.41, 5.74) is 4.50. The van der Waals surface area contributed by atoms with E-state index in [0.29, 0.717) is 0 Å². The van der Waals surface area contributed by atoms with E-state index in [0.717, 1.165) is 6.42 Å². The van der Waals surface area contributed by atoms with Crippen LogP contribution >= 0.6 is 0 Å².